The first-order valence-corrected chi connectivity index (χ1v) is 8.05. The molecule has 1 N–H and O–H groups in total. The van der Waals surface area contributed by atoms with Gasteiger partial charge in [0.05, 0.1) is 0 Å². The molecule has 1 aliphatic heterocycles. The van der Waals surface area contributed by atoms with Gasteiger partial charge in [0.25, 0.3) is 0 Å². The molecule has 0 spiro atoms. The minimum atomic E-state index is -1.85. The fourth-order valence-corrected chi connectivity index (χ4v) is 3.36. The first-order valence-electron chi connectivity index (χ1n) is 7.06. The van der Waals surface area contributed by atoms with Crippen LogP contribution in [0.5, 0.6) is 0 Å². The minimum Gasteiger partial charge on any atom is -0.462 e. The maximum absolute atomic E-state index is 11.4. The second kappa shape index (κ2) is 8.34. The number of carbonyl (C=O) groups is 4. The number of carbonyl (C=O) groups excluding carboxylic acids is 4. The molecule has 0 unspecified atom stereocenters. The quantitative estimate of drug-likeness (QED) is 0.517. The van der Waals surface area contributed by atoms with Crippen LogP contribution in [-0.4, -0.2) is 64.6 Å². The third-order valence-corrected chi connectivity index (χ3v) is 4.35. The number of aliphatic hydroxyl groups is 1. The van der Waals surface area contributed by atoms with Gasteiger partial charge in [-0.2, -0.15) is 0 Å². The van der Waals surface area contributed by atoms with Crippen LogP contribution in [0.2, 0.25) is 0 Å². The highest BCUT2D eigenvalue weighted by Gasteiger charge is 2.55. The lowest BCUT2D eigenvalue weighted by Crippen LogP contribution is -2.62. The summed E-state index contributed by atoms with van der Waals surface area (Å²) >= 11 is 0.871. The molecule has 136 valence electrons. The molecule has 0 aliphatic carbocycles. The van der Waals surface area contributed by atoms with E-state index in [0.29, 0.717) is 0 Å². The summed E-state index contributed by atoms with van der Waals surface area (Å²) in [6, 6.07) is 0. The van der Waals surface area contributed by atoms with Crippen LogP contribution in [0.15, 0.2) is 0 Å². The Bertz CT molecular complexity index is 520. The number of hydrogen-bond donors (Lipinski definition) is 1. The summed E-state index contributed by atoms with van der Waals surface area (Å²) in [4.78, 5) is 43.2. The van der Waals surface area contributed by atoms with Crippen molar-refractivity contribution < 1.29 is 43.2 Å². The monoisotopic (exact) mass is 364 g/mol. The predicted molar refractivity (Wildman–Crippen MR) is 80.7 cm³/mol. The van der Waals surface area contributed by atoms with E-state index in [1.165, 1.54) is 6.92 Å². The van der Waals surface area contributed by atoms with Gasteiger partial charge >= 0.3 is 23.9 Å². The van der Waals surface area contributed by atoms with Gasteiger partial charge < -0.3 is 24.1 Å². The summed E-state index contributed by atoms with van der Waals surface area (Å²) in [7, 11) is 0. The van der Waals surface area contributed by atoms with E-state index in [4.69, 9.17) is 18.9 Å². The van der Waals surface area contributed by atoms with Crippen LogP contribution >= 0.6 is 11.8 Å². The molecule has 10 heteroatoms. The van der Waals surface area contributed by atoms with E-state index in [1.54, 1.807) is 0 Å². The van der Waals surface area contributed by atoms with Crippen LogP contribution in [0.4, 0.5) is 0 Å². The van der Waals surface area contributed by atoms with Crippen LogP contribution < -0.4 is 0 Å². The third-order valence-electron chi connectivity index (χ3n) is 3.00. The second-order valence-electron chi connectivity index (χ2n) is 5.19. The van der Waals surface area contributed by atoms with Gasteiger partial charge in [0.15, 0.2) is 23.2 Å². The molecule has 0 saturated carbocycles. The number of thioether (sulfide) groups is 1. The standard InChI is InChI=1S/C14H20O9S/c1-7(15)20-6-14(19)13(23-10(4)18)12(22-9(3)17)11(5-24-14)21-8(2)16/h11-13,19H,5-6H2,1-4H3/t11-,12-,13+,14-/m0/s1. The van der Waals surface area contributed by atoms with E-state index in [2.05, 4.69) is 0 Å². The Hall–Kier alpha value is -1.81. The Morgan fingerprint density at radius 3 is 1.96 bits per heavy atom. The largest absolute Gasteiger partial charge is 0.462 e. The number of hydrogen-bond acceptors (Lipinski definition) is 10. The molecule has 4 atom stereocenters. The molecule has 1 rings (SSSR count). The normalized spacial score (nSPS) is 29.3. The molecule has 0 aromatic heterocycles. The van der Waals surface area contributed by atoms with Crippen molar-refractivity contribution in [3.8, 4) is 0 Å². The van der Waals surface area contributed by atoms with Crippen molar-refractivity contribution in [3.63, 3.8) is 0 Å². The average molecular weight is 364 g/mol. The highest BCUT2D eigenvalue weighted by atomic mass is 32.2. The predicted octanol–water partition coefficient (Wildman–Crippen LogP) is -0.220. The summed E-state index contributed by atoms with van der Waals surface area (Å²) in [6.07, 6.45) is -3.56. The molecule has 0 amide bonds. The topological polar surface area (TPSA) is 125 Å². The van der Waals surface area contributed by atoms with Gasteiger partial charge in [0, 0.05) is 33.4 Å². The SMILES string of the molecule is CC(=O)OC[C@]1(O)SC[C@H](OC(C)=O)[C@H](OC(C)=O)[C@H]1OC(C)=O. The van der Waals surface area contributed by atoms with Crippen LogP contribution in [0, 0.1) is 0 Å². The Kier molecular flexibility index (Phi) is 7.03. The lowest BCUT2D eigenvalue weighted by Gasteiger charge is -2.44. The van der Waals surface area contributed by atoms with Gasteiger partial charge in [-0.15, -0.1) is 11.8 Å². The van der Waals surface area contributed by atoms with Crippen molar-refractivity contribution in [3.05, 3.63) is 0 Å². The van der Waals surface area contributed by atoms with Gasteiger partial charge in [0.2, 0.25) is 0 Å². The van der Waals surface area contributed by atoms with E-state index in [1.807, 2.05) is 0 Å². The smallest absolute Gasteiger partial charge is 0.303 e. The van der Waals surface area contributed by atoms with E-state index >= 15 is 0 Å². The highest BCUT2D eigenvalue weighted by Crippen LogP contribution is 2.39. The van der Waals surface area contributed by atoms with Crippen molar-refractivity contribution in [1.82, 2.24) is 0 Å². The summed E-state index contributed by atoms with van der Waals surface area (Å²) < 4.78 is 20.1. The van der Waals surface area contributed by atoms with Crippen molar-refractivity contribution >= 4 is 35.6 Å². The van der Waals surface area contributed by atoms with Crippen molar-refractivity contribution in [2.24, 2.45) is 0 Å². The molecular weight excluding hydrogens is 344 g/mol. The number of esters is 4. The molecule has 24 heavy (non-hydrogen) atoms. The van der Waals surface area contributed by atoms with Crippen LogP contribution in [0.1, 0.15) is 27.7 Å². The van der Waals surface area contributed by atoms with Crippen LogP contribution in [-0.2, 0) is 38.1 Å². The first-order chi connectivity index (χ1) is 11.0. The zero-order chi connectivity index (χ0) is 18.5. The zero-order valence-corrected chi connectivity index (χ0v) is 14.6. The second-order valence-corrected chi connectivity index (χ2v) is 6.52. The maximum Gasteiger partial charge on any atom is 0.303 e. The van der Waals surface area contributed by atoms with Gasteiger partial charge in [0.1, 0.15) is 6.61 Å². The first kappa shape index (κ1) is 20.2. The zero-order valence-electron chi connectivity index (χ0n) is 13.8. The Morgan fingerprint density at radius 1 is 0.958 bits per heavy atom. The fraction of sp³-hybridized carbons (Fsp3) is 0.714. The average Bonchev–Trinajstić information content (AvgIpc) is 2.43. The van der Waals surface area contributed by atoms with Gasteiger partial charge in [-0.1, -0.05) is 0 Å². The molecule has 9 nitrogen and oxygen atoms in total. The summed E-state index contributed by atoms with van der Waals surface area (Å²) in [5.74, 6) is -2.67. The molecule has 1 saturated heterocycles. The van der Waals surface area contributed by atoms with Crippen LogP contribution in [0.3, 0.4) is 0 Å². The molecule has 0 aromatic rings. The van der Waals surface area contributed by atoms with Gasteiger partial charge in [-0.25, -0.2) is 0 Å². The summed E-state index contributed by atoms with van der Waals surface area (Å²) in [6.45, 7) is 4.08. The summed E-state index contributed by atoms with van der Waals surface area (Å²) in [5.41, 5.74) is 0. The molecule has 1 heterocycles. The molecule has 1 fully saturated rings. The molecule has 0 radical (unpaired) electrons. The lowest BCUT2D eigenvalue weighted by molar-refractivity contribution is -0.201. The summed E-state index contributed by atoms with van der Waals surface area (Å²) in [5, 5.41) is 10.7. The lowest BCUT2D eigenvalue weighted by atomic mass is 10.0. The van der Waals surface area contributed by atoms with Crippen molar-refractivity contribution in [2.45, 2.75) is 50.9 Å². The fourth-order valence-electron chi connectivity index (χ4n) is 2.17. The van der Waals surface area contributed by atoms with E-state index in [9.17, 15) is 24.3 Å². The molecule has 0 bridgehead atoms. The van der Waals surface area contributed by atoms with Crippen LogP contribution in [0.25, 0.3) is 0 Å². The Morgan fingerprint density at radius 2 is 1.50 bits per heavy atom. The highest BCUT2D eigenvalue weighted by molar-refractivity contribution is 8.00. The van der Waals surface area contributed by atoms with Gasteiger partial charge in [-0.05, 0) is 0 Å². The van der Waals surface area contributed by atoms with Gasteiger partial charge in [-0.3, -0.25) is 19.2 Å². The molecule has 0 aromatic carbocycles. The minimum absolute atomic E-state index is 0.0487. The maximum atomic E-state index is 11.4. The number of ether oxygens (including phenoxy) is 4. The van der Waals surface area contributed by atoms with Crippen molar-refractivity contribution in [1.29, 1.82) is 0 Å². The van der Waals surface area contributed by atoms with Crippen molar-refractivity contribution in [2.75, 3.05) is 12.4 Å². The van der Waals surface area contributed by atoms with E-state index < -0.39 is 53.7 Å². The number of rotatable bonds is 5. The molecular formula is C14H20O9S. The van der Waals surface area contributed by atoms with E-state index in [-0.39, 0.29) is 5.75 Å². The third kappa shape index (κ3) is 5.68. The Balaban J connectivity index is 3.14. The van der Waals surface area contributed by atoms with E-state index in [0.717, 1.165) is 32.5 Å². The Labute approximate surface area is 142 Å². The molecule has 1 aliphatic rings.